The number of esters is 1. The van der Waals surface area contributed by atoms with Crippen LogP contribution in [0.3, 0.4) is 0 Å². The van der Waals surface area contributed by atoms with Crippen LogP contribution in [-0.4, -0.2) is 59.8 Å². The Balaban J connectivity index is 1.25. The minimum atomic E-state index is -0.412. The van der Waals surface area contributed by atoms with E-state index in [1.165, 1.54) is 7.11 Å². The van der Waals surface area contributed by atoms with E-state index in [1.54, 1.807) is 11.8 Å². The van der Waals surface area contributed by atoms with Crippen LogP contribution in [-0.2, 0) is 50.4 Å². The highest BCUT2D eigenvalue weighted by molar-refractivity contribution is 7.98. The minimum Gasteiger partial charge on any atom is -0.507 e. The van der Waals surface area contributed by atoms with E-state index < -0.39 is 5.97 Å². The maximum Gasteiger partial charge on any atom is 0.354 e. The number of ether oxygens (including phenoxy) is 1. The number of aliphatic hydroxyl groups excluding tert-OH is 1. The summed E-state index contributed by atoms with van der Waals surface area (Å²) in [4.78, 5) is 13.4. The molecule has 9 nitrogen and oxygen atoms in total. The quantitative estimate of drug-likeness (QED) is 0.0960. The van der Waals surface area contributed by atoms with Crippen LogP contribution in [0.1, 0.15) is 50.8 Å². The topological polar surface area (TPSA) is 107 Å². The molecule has 3 heterocycles. The zero-order chi connectivity index (χ0) is 34.8. The summed E-state index contributed by atoms with van der Waals surface area (Å²) >= 11 is 8.71. The molecule has 49 heavy (non-hydrogen) atoms. The van der Waals surface area contributed by atoms with Crippen molar-refractivity contribution >= 4 is 51.0 Å². The lowest BCUT2D eigenvalue weighted by molar-refractivity contribution is 0.0587. The molecule has 0 radical (unpaired) electrons. The van der Waals surface area contributed by atoms with Gasteiger partial charge in [-0.05, 0) is 74.2 Å². The molecule has 6 aromatic rings. The summed E-state index contributed by atoms with van der Waals surface area (Å²) in [5.41, 5.74) is 9.07. The first kappa shape index (κ1) is 34.6. The molecule has 0 saturated carbocycles. The van der Waals surface area contributed by atoms with Crippen LogP contribution in [0.5, 0.6) is 5.75 Å². The largest absolute Gasteiger partial charge is 0.507 e. The van der Waals surface area contributed by atoms with Crippen molar-refractivity contribution in [2.45, 2.75) is 51.8 Å². The highest BCUT2D eigenvalue weighted by atomic mass is 35.5. The number of carbonyl (C=O) groups is 1. The molecule has 3 aromatic heterocycles. The normalized spacial score (nSPS) is 11.7. The number of hydrogen-bond donors (Lipinski definition) is 2. The van der Waals surface area contributed by atoms with Crippen LogP contribution in [0.2, 0.25) is 5.02 Å². The Morgan fingerprint density at radius 1 is 0.959 bits per heavy atom. The summed E-state index contributed by atoms with van der Waals surface area (Å²) < 4.78 is 11.2. The van der Waals surface area contributed by atoms with Crippen molar-refractivity contribution in [2.24, 2.45) is 14.1 Å². The lowest BCUT2D eigenvalue weighted by Gasteiger charge is -2.14. The van der Waals surface area contributed by atoms with E-state index in [0.29, 0.717) is 47.4 Å². The van der Waals surface area contributed by atoms with Crippen LogP contribution < -0.4 is 0 Å². The molecule has 0 aliphatic carbocycles. The number of aromatic hydroxyl groups is 1. The maximum absolute atomic E-state index is 13.4. The number of fused-ring (bicyclic) bond motifs is 2. The summed E-state index contributed by atoms with van der Waals surface area (Å²) in [5.74, 6) is 1.32. The average molecular weight is 700 g/mol. The van der Waals surface area contributed by atoms with Crippen molar-refractivity contribution in [3.05, 3.63) is 99.2 Å². The van der Waals surface area contributed by atoms with Gasteiger partial charge in [0.2, 0.25) is 0 Å². The molecule has 2 N–H and O–H groups in total. The molecule has 0 fully saturated rings. The lowest BCUT2D eigenvalue weighted by Crippen LogP contribution is -2.14. The Kier molecular flexibility index (Phi) is 10.4. The Hall–Kier alpha value is -4.25. The first-order chi connectivity index (χ1) is 23.6. The standard InChI is InChI=1S/C38H42ClN5O4S/c1-23-34(24(2)42(3)40-23)35-32(39)15-14-31-30(11-8-17-45)37(38(47)48-5)44(36(31)35)16-18-49-22-27-21-28(43(4)41-27)13-12-25-19-26-9-6-7-10-29(26)33(46)20-25/h6-7,9-10,14-15,19-21,45-46H,8,11-13,16-18,22H2,1-5H3. The number of phenols is 1. The number of benzene rings is 3. The molecule has 3 aromatic carbocycles. The highest BCUT2D eigenvalue weighted by Gasteiger charge is 2.28. The molecule has 0 saturated heterocycles. The van der Waals surface area contributed by atoms with E-state index in [1.807, 2.05) is 79.8 Å². The average Bonchev–Trinajstić information content (AvgIpc) is 3.69. The highest BCUT2D eigenvalue weighted by Crippen LogP contribution is 2.42. The Bertz CT molecular complexity index is 2170. The Morgan fingerprint density at radius 2 is 1.76 bits per heavy atom. The molecule has 0 atom stereocenters. The number of aromatic nitrogens is 5. The molecule has 6 rings (SSSR count). The van der Waals surface area contributed by atoms with Crippen LogP contribution in [0.4, 0.5) is 0 Å². The fraction of sp³-hybridized carbons (Fsp3) is 0.342. The van der Waals surface area contributed by atoms with Gasteiger partial charge in [-0.25, -0.2) is 4.79 Å². The second kappa shape index (κ2) is 14.7. The zero-order valence-corrected chi connectivity index (χ0v) is 30.2. The molecular formula is C38H42ClN5O4S. The van der Waals surface area contributed by atoms with E-state index in [2.05, 4.69) is 21.8 Å². The summed E-state index contributed by atoms with van der Waals surface area (Å²) in [5, 5.41) is 33.1. The van der Waals surface area contributed by atoms with Gasteiger partial charge < -0.3 is 19.5 Å². The van der Waals surface area contributed by atoms with E-state index in [9.17, 15) is 15.0 Å². The van der Waals surface area contributed by atoms with Crippen molar-refractivity contribution < 1.29 is 19.7 Å². The van der Waals surface area contributed by atoms with Gasteiger partial charge in [-0.1, -0.05) is 48.0 Å². The lowest BCUT2D eigenvalue weighted by atomic mass is 9.98. The smallest absolute Gasteiger partial charge is 0.354 e. The van der Waals surface area contributed by atoms with Gasteiger partial charge in [-0.15, -0.1) is 0 Å². The van der Waals surface area contributed by atoms with Gasteiger partial charge in [0.15, 0.2) is 0 Å². The zero-order valence-electron chi connectivity index (χ0n) is 28.6. The molecule has 0 unspecified atom stereocenters. The number of thioether (sulfide) groups is 1. The number of methoxy groups -OCH3 is 1. The Morgan fingerprint density at radius 3 is 2.49 bits per heavy atom. The van der Waals surface area contributed by atoms with Gasteiger partial charge in [0.25, 0.3) is 0 Å². The summed E-state index contributed by atoms with van der Waals surface area (Å²) in [7, 11) is 5.29. The number of aryl methyl sites for hydroxylation is 7. The third kappa shape index (κ3) is 6.82. The third-order valence-electron chi connectivity index (χ3n) is 9.31. The molecular weight excluding hydrogens is 658 g/mol. The minimum absolute atomic E-state index is 0.0151. The van der Waals surface area contributed by atoms with Crippen LogP contribution in [0.15, 0.2) is 54.6 Å². The molecule has 256 valence electrons. The van der Waals surface area contributed by atoms with Crippen molar-refractivity contribution in [1.29, 1.82) is 0 Å². The fourth-order valence-electron chi connectivity index (χ4n) is 6.90. The van der Waals surface area contributed by atoms with E-state index in [4.69, 9.17) is 21.4 Å². The van der Waals surface area contributed by atoms with Crippen LogP contribution in [0.25, 0.3) is 32.8 Å². The van der Waals surface area contributed by atoms with Gasteiger partial charge in [-0.3, -0.25) is 9.36 Å². The van der Waals surface area contributed by atoms with Crippen molar-refractivity contribution in [3.8, 4) is 16.9 Å². The molecule has 0 aliphatic rings. The SMILES string of the molecule is COC(=O)c1c(CCCO)c2ccc(Cl)c(-c3c(C)nn(C)c3C)c2n1CCSCc1cc(CCc2cc(O)c3ccccc3c2)n(C)n1. The van der Waals surface area contributed by atoms with Gasteiger partial charge in [0.05, 0.1) is 29.0 Å². The predicted octanol–water partition coefficient (Wildman–Crippen LogP) is 7.33. The number of carbonyl (C=O) groups excluding carboxylic acids is 1. The predicted molar refractivity (Wildman–Crippen MR) is 198 cm³/mol. The summed E-state index contributed by atoms with van der Waals surface area (Å²) in [6.07, 6.45) is 2.64. The second-order valence-corrected chi connectivity index (χ2v) is 13.9. The number of halogens is 1. The molecule has 0 amide bonds. The first-order valence-corrected chi connectivity index (χ1v) is 18.0. The number of phenolic OH excluding ortho intramolecular Hbond substituents is 1. The van der Waals surface area contributed by atoms with Gasteiger partial charge in [-0.2, -0.15) is 22.0 Å². The molecule has 0 aliphatic heterocycles. The van der Waals surface area contributed by atoms with E-state index >= 15 is 0 Å². The maximum atomic E-state index is 13.4. The Labute approximate surface area is 295 Å². The van der Waals surface area contributed by atoms with Crippen molar-refractivity contribution in [2.75, 3.05) is 19.5 Å². The summed E-state index contributed by atoms with van der Waals surface area (Å²) in [6, 6.07) is 17.9. The number of hydrogen-bond acceptors (Lipinski definition) is 7. The summed E-state index contributed by atoms with van der Waals surface area (Å²) in [6.45, 7) is 4.55. The van der Waals surface area contributed by atoms with Crippen LogP contribution in [0, 0.1) is 13.8 Å². The van der Waals surface area contributed by atoms with Crippen LogP contribution >= 0.6 is 23.4 Å². The number of nitrogens with zero attached hydrogens (tertiary/aromatic N) is 5. The van der Waals surface area contributed by atoms with Crippen molar-refractivity contribution in [1.82, 2.24) is 24.1 Å². The monoisotopic (exact) mass is 699 g/mol. The molecule has 0 bridgehead atoms. The second-order valence-electron chi connectivity index (χ2n) is 12.4. The third-order valence-corrected chi connectivity index (χ3v) is 10.6. The van der Waals surface area contributed by atoms with E-state index in [0.717, 1.165) is 79.5 Å². The number of aliphatic hydroxyl groups is 1. The fourth-order valence-corrected chi connectivity index (χ4v) is 7.96. The van der Waals surface area contributed by atoms with E-state index in [-0.39, 0.29) is 6.61 Å². The number of rotatable bonds is 13. The van der Waals surface area contributed by atoms with Gasteiger partial charge in [0.1, 0.15) is 11.4 Å². The first-order valence-electron chi connectivity index (χ1n) is 16.5. The van der Waals surface area contributed by atoms with Gasteiger partial charge >= 0.3 is 5.97 Å². The molecule has 11 heteroatoms. The van der Waals surface area contributed by atoms with Gasteiger partial charge in [0, 0.05) is 72.0 Å². The molecule has 0 spiro atoms. The van der Waals surface area contributed by atoms with Crippen molar-refractivity contribution in [3.63, 3.8) is 0 Å².